The predicted octanol–water partition coefficient (Wildman–Crippen LogP) is 0.922. The summed E-state index contributed by atoms with van der Waals surface area (Å²) in [6.45, 7) is 6.41. The Hall–Kier alpha value is -0.660. The van der Waals surface area contributed by atoms with E-state index in [0.717, 1.165) is 22.3 Å². The van der Waals surface area contributed by atoms with Crippen LogP contribution in [0.1, 0.15) is 13.8 Å². The minimum atomic E-state index is 0.0698. The van der Waals surface area contributed by atoms with Crippen molar-refractivity contribution in [2.75, 3.05) is 25.0 Å². The summed E-state index contributed by atoms with van der Waals surface area (Å²) in [6, 6.07) is 7.82. The van der Waals surface area contributed by atoms with Crippen LogP contribution in [-0.4, -0.2) is 37.7 Å². The van der Waals surface area contributed by atoms with Crippen LogP contribution in [-0.2, 0) is 9.53 Å². The molecular weight excluding hydrogens is 355 g/mol. The number of nitrogens with one attached hydrogen (secondary N) is 2. The molecule has 0 aliphatic carbocycles. The molecule has 4 nitrogen and oxygen atoms in total. The summed E-state index contributed by atoms with van der Waals surface area (Å²) < 4.78 is 6.74. The number of hydrogen-bond acceptors (Lipinski definition) is 2. The highest BCUT2D eigenvalue weighted by atomic mass is 127. The average molecular weight is 375 g/mol. The van der Waals surface area contributed by atoms with Crippen LogP contribution < -0.4 is 10.2 Å². The number of hydrogen-bond donors (Lipinski definition) is 2. The van der Waals surface area contributed by atoms with E-state index in [2.05, 4.69) is 41.8 Å². The number of carbonyl (C=O) groups is 1. The van der Waals surface area contributed by atoms with Crippen molar-refractivity contribution in [2.24, 2.45) is 0 Å². The normalized spacial score (nSPS) is 27.0. The SMILES string of the molecule is C[C@@H]1C[NH+](CC(=O)Nc2ccccc2I)C[C@@H](C)O1. The van der Waals surface area contributed by atoms with Crippen molar-refractivity contribution < 1.29 is 14.4 Å². The van der Waals surface area contributed by atoms with E-state index in [1.807, 2.05) is 24.3 Å². The molecule has 1 heterocycles. The molecule has 0 unspecified atom stereocenters. The van der Waals surface area contributed by atoms with Gasteiger partial charge in [0.05, 0.1) is 5.69 Å². The zero-order valence-electron chi connectivity index (χ0n) is 11.3. The van der Waals surface area contributed by atoms with E-state index in [9.17, 15) is 4.79 Å². The third-order valence-electron chi connectivity index (χ3n) is 3.18. The van der Waals surface area contributed by atoms with Gasteiger partial charge in [-0.15, -0.1) is 0 Å². The minimum absolute atomic E-state index is 0.0698. The van der Waals surface area contributed by atoms with Gasteiger partial charge in [-0.25, -0.2) is 0 Å². The lowest BCUT2D eigenvalue weighted by molar-refractivity contribution is -0.907. The second-order valence-corrected chi connectivity index (χ2v) is 6.28. The van der Waals surface area contributed by atoms with Crippen LogP contribution in [0, 0.1) is 3.57 Å². The standard InChI is InChI=1S/C14H19IN2O2/c1-10-7-17(8-11(2)19-10)9-14(18)16-13-6-4-3-5-12(13)15/h3-6,10-11H,7-9H2,1-2H3,(H,16,18)/p+1/t10-,11-/m1/s1. The van der Waals surface area contributed by atoms with Crippen LogP contribution in [0.25, 0.3) is 0 Å². The van der Waals surface area contributed by atoms with Crippen LogP contribution in [0.3, 0.4) is 0 Å². The molecule has 1 saturated heterocycles. The molecule has 0 saturated carbocycles. The zero-order valence-corrected chi connectivity index (χ0v) is 13.4. The van der Waals surface area contributed by atoms with Crippen molar-refractivity contribution >= 4 is 34.2 Å². The van der Waals surface area contributed by atoms with Gasteiger partial charge < -0.3 is 15.0 Å². The van der Waals surface area contributed by atoms with Gasteiger partial charge in [-0.05, 0) is 48.6 Å². The van der Waals surface area contributed by atoms with Gasteiger partial charge in [0.25, 0.3) is 5.91 Å². The summed E-state index contributed by atoms with van der Waals surface area (Å²) in [5.41, 5.74) is 0.891. The summed E-state index contributed by atoms with van der Waals surface area (Å²) in [7, 11) is 0. The van der Waals surface area contributed by atoms with Crippen LogP contribution in [0.2, 0.25) is 0 Å². The maximum atomic E-state index is 12.1. The van der Waals surface area contributed by atoms with Gasteiger partial charge in [-0.3, -0.25) is 4.79 Å². The fraction of sp³-hybridized carbons (Fsp3) is 0.500. The molecule has 19 heavy (non-hydrogen) atoms. The second kappa shape index (κ2) is 6.67. The van der Waals surface area contributed by atoms with Gasteiger partial charge >= 0.3 is 0 Å². The molecule has 0 bridgehead atoms. The molecule has 1 aromatic carbocycles. The smallest absolute Gasteiger partial charge is 0.279 e. The first-order valence-corrected chi connectivity index (χ1v) is 7.66. The molecule has 2 rings (SSSR count). The van der Waals surface area contributed by atoms with Gasteiger partial charge in [0.1, 0.15) is 25.3 Å². The van der Waals surface area contributed by atoms with Crippen LogP contribution in [0.4, 0.5) is 5.69 Å². The van der Waals surface area contributed by atoms with Gasteiger partial charge in [0.15, 0.2) is 6.54 Å². The molecule has 0 aromatic heterocycles. The first-order chi connectivity index (χ1) is 9.04. The Morgan fingerprint density at radius 3 is 2.63 bits per heavy atom. The molecule has 0 spiro atoms. The van der Waals surface area contributed by atoms with E-state index >= 15 is 0 Å². The monoisotopic (exact) mass is 375 g/mol. The van der Waals surface area contributed by atoms with Crippen molar-refractivity contribution in [2.45, 2.75) is 26.1 Å². The van der Waals surface area contributed by atoms with Crippen molar-refractivity contribution in [1.82, 2.24) is 0 Å². The number of ether oxygens (including phenoxy) is 1. The number of amides is 1. The number of para-hydroxylation sites is 1. The largest absolute Gasteiger partial charge is 0.364 e. The van der Waals surface area contributed by atoms with Crippen molar-refractivity contribution in [3.63, 3.8) is 0 Å². The lowest BCUT2D eigenvalue weighted by atomic mass is 10.2. The summed E-state index contributed by atoms with van der Waals surface area (Å²) in [4.78, 5) is 13.4. The highest BCUT2D eigenvalue weighted by Crippen LogP contribution is 2.16. The van der Waals surface area contributed by atoms with Gasteiger partial charge in [-0.1, -0.05) is 12.1 Å². The predicted molar refractivity (Wildman–Crippen MR) is 83.4 cm³/mol. The van der Waals surface area contributed by atoms with Crippen LogP contribution >= 0.6 is 22.6 Å². The molecule has 1 aliphatic rings. The minimum Gasteiger partial charge on any atom is -0.364 e. The number of halogens is 1. The highest BCUT2D eigenvalue weighted by molar-refractivity contribution is 14.1. The van der Waals surface area contributed by atoms with Gasteiger partial charge in [0, 0.05) is 3.57 Å². The van der Waals surface area contributed by atoms with E-state index in [4.69, 9.17) is 4.74 Å². The number of anilines is 1. The Labute approximate surface area is 127 Å². The molecule has 1 fully saturated rings. The second-order valence-electron chi connectivity index (χ2n) is 5.12. The zero-order chi connectivity index (χ0) is 13.8. The maximum absolute atomic E-state index is 12.1. The summed E-state index contributed by atoms with van der Waals surface area (Å²) in [5, 5.41) is 2.98. The lowest BCUT2D eigenvalue weighted by Gasteiger charge is -2.31. The van der Waals surface area contributed by atoms with Crippen molar-refractivity contribution in [3.05, 3.63) is 27.8 Å². The highest BCUT2D eigenvalue weighted by Gasteiger charge is 2.27. The molecule has 2 atom stereocenters. The Morgan fingerprint density at radius 2 is 2.00 bits per heavy atom. The van der Waals surface area contributed by atoms with E-state index < -0.39 is 0 Å². The first-order valence-electron chi connectivity index (χ1n) is 6.58. The number of carbonyl (C=O) groups excluding carboxylic acids is 1. The van der Waals surface area contributed by atoms with E-state index in [1.54, 1.807) is 0 Å². The third-order valence-corrected chi connectivity index (χ3v) is 4.12. The third kappa shape index (κ3) is 4.43. The van der Waals surface area contributed by atoms with E-state index in [1.165, 1.54) is 4.90 Å². The number of benzene rings is 1. The van der Waals surface area contributed by atoms with Crippen molar-refractivity contribution in [3.8, 4) is 0 Å². The summed E-state index contributed by atoms with van der Waals surface area (Å²) >= 11 is 2.23. The maximum Gasteiger partial charge on any atom is 0.279 e. The molecule has 1 amide bonds. The summed E-state index contributed by atoms with van der Waals surface area (Å²) in [6.07, 6.45) is 0.451. The van der Waals surface area contributed by atoms with Crippen molar-refractivity contribution in [1.29, 1.82) is 0 Å². The molecule has 104 valence electrons. The lowest BCUT2D eigenvalue weighted by Crippen LogP contribution is -3.16. The Balaban J connectivity index is 1.89. The van der Waals surface area contributed by atoms with Crippen LogP contribution in [0.15, 0.2) is 24.3 Å². The Bertz CT molecular complexity index is 443. The molecule has 5 heteroatoms. The average Bonchev–Trinajstić information content (AvgIpc) is 2.30. The number of quaternary nitrogens is 1. The Kier molecular flexibility index (Phi) is 5.18. The number of rotatable bonds is 3. The molecule has 1 aromatic rings. The summed E-state index contributed by atoms with van der Waals surface area (Å²) in [5.74, 6) is 0.0698. The molecule has 2 N–H and O–H groups in total. The van der Waals surface area contributed by atoms with Crippen LogP contribution in [0.5, 0.6) is 0 Å². The fourth-order valence-corrected chi connectivity index (χ4v) is 3.04. The molecule has 0 radical (unpaired) electrons. The quantitative estimate of drug-likeness (QED) is 0.772. The van der Waals surface area contributed by atoms with E-state index in [-0.39, 0.29) is 18.1 Å². The Morgan fingerprint density at radius 1 is 1.37 bits per heavy atom. The van der Waals surface area contributed by atoms with E-state index in [0.29, 0.717) is 6.54 Å². The van der Waals surface area contributed by atoms with Gasteiger partial charge in [-0.2, -0.15) is 0 Å². The molecule has 1 aliphatic heterocycles. The topological polar surface area (TPSA) is 42.8 Å². The fourth-order valence-electron chi connectivity index (χ4n) is 2.52. The first kappa shape index (κ1) is 14.7. The molecular formula is C14H20IN2O2+. The number of morpholine rings is 1. The van der Waals surface area contributed by atoms with Gasteiger partial charge in [0.2, 0.25) is 0 Å².